The van der Waals surface area contributed by atoms with Gasteiger partial charge in [0, 0.05) is 20.1 Å². The van der Waals surface area contributed by atoms with E-state index in [0.29, 0.717) is 26.3 Å². The number of thioether (sulfide) groups is 1. The quantitative estimate of drug-likeness (QED) is 0.813. The highest BCUT2D eigenvalue weighted by molar-refractivity contribution is 8.00. The van der Waals surface area contributed by atoms with Crippen molar-refractivity contribution in [2.75, 3.05) is 26.3 Å². The third kappa shape index (κ3) is 2.91. The van der Waals surface area contributed by atoms with Crippen LogP contribution in [0.15, 0.2) is 29.4 Å². The van der Waals surface area contributed by atoms with Crippen LogP contribution in [-0.2, 0) is 16.6 Å². The van der Waals surface area contributed by atoms with E-state index in [0.717, 1.165) is 16.2 Å². The highest BCUT2D eigenvalue weighted by Gasteiger charge is 2.24. The van der Waals surface area contributed by atoms with Crippen molar-refractivity contribution in [3.05, 3.63) is 24.3 Å². The van der Waals surface area contributed by atoms with Gasteiger partial charge in [0.15, 0.2) is 5.16 Å². The summed E-state index contributed by atoms with van der Waals surface area (Å²) >= 11 is 1.52. The van der Waals surface area contributed by atoms with Gasteiger partial charge in [0.05, 0.1) is 29.5 Å². The molecule has 0 aliphatic carbocycles. The Morgan fingerprint density at radius 3 is 2.76 bits per heavy atom. The molecule has 0 saturated carbocycles. The van der Waals surface area contributed by atoms with Crippen LogP contribution in [0.2, 0.25) is 0 Å². The molecule has 6 heteroatoms. The van der Waals surface area contributed by atoms with Crippen LogP contribution in [0.4, 0.5) is 0 Å². The molecule has 0 radical (unpaired) electrons. The fourth-order valence-corrected chi connectivity index (χ4v) is 3.45. The minimum atomic E-state index is -0.140. The van der Waals surface area contributed by atoms with Gasteiger partial charge < -0.3 is 14.2 Å². The summed E-state index contributed by atoms with van der Waals surface area (Å²) in [6, 6.07) is 8.02. The van der Waals surface area contributed by atoms with E-state index in [1.165, 1.54) is 11.8 Å². The maximum atomic E-state index is 12.4. The number of hydrogen-bond acceptors (Lipinski definition) is 4. The summed E-state index contributed by atoms with van der Waals surface area (Å²) in [5, 5.41) is 0.740. The number of benzene rings is 1. The van der Waals surface area contributed by atoms with Crippen molar-refractivity contribution in [1.82, 2.24) is 14.5 Å². The number of carbonyl (C=O) groups excluding carboxylic acids is 1. The monoisotopic (exact) mass is 305 g/mol. The fourth-order valence-electron chi connectivity index (χ4n) is 2.48. The van der Waals surface area contributed by atoms with E-state index in [4.69, 9.17) is 4.74 Å². The number of carbonyl (C=O) groups is 1. The van der Waals surface area contributed by atoms with E-state index in [1.807, 2.05) is 47.7 Å². The molecule has 2 heterocycles. The summed E-state index contributed by atoms with van der Waals surface area (Å²) in [6.45, 7) is 4.59. The number of rotatable bonds is 3. The second-order valence-corrected chi connectivity index (χ2v) is 6.45. The van der Waals surface area contributed by atoms with E-state index >= 15 is 0 Å². The lowest BCUT2D eigenvalue weighted by Gasteiger charge is -2.28. The van der Waals surface area contributed by atoms with Crippen LogP contribution in [0.1, 0.15) is 6.92 Å². The first kappa shape index (κ1) is 14.4. The number of nitrogens with zero attached hydrogens (tertiary/aromatic N) is 3. The number of para-hydroxylation sites is 2. The molecule has 3 rings (SSSR count). The van der Waals surface area contributed by atoms with Gasteiger partial charge in [0.1, 0.15) is 0 Å². The van der Waals surface area contributed by atoms with Gasteiger partial charge in [-0.05, 0) is 19.1 Å². The molecule has 0 spiro atoms. The SMILES string of the molecule is CC(Sc1nc2ccccc2n1C)C(=O)N1CCOCC1. The molecule has 1 aromatic carbocycles. The van der Waals surface area contributed by atoms with Crippen molar-refractivity contribution >= 4 is 28.7 Å². The second-order valence-electron chi connectivity index (χ2n) is 5.14. The highest BCUT2D eigenvalue weighted by atomic mass is 32.2. The standard InChI is InChI=1S/C15H19N3O2S/c1-11(14(19)18-7-9-20-10-8-18)21-15-16-12-5-3-4-6-13(12)17(15)2/h3-6,11H,7-10H2,1-2H3. The Morgan fingerprint density at radius 2 is 2.05 bits per heavy atom. The molecular weight excluding hydrogens is 286 g/mol. The van der Waals surface area contributed by atoms with Crippen molar-refractivity contribution in [3.8, 4) is 0 Å². The van der Waals surface area contributed by atoms with Gasteiger partial charge in [-0.15, -0.1) is 0 Å². The zero-order chi connectivity index (χ0) is 14.8. The normalized spacial score (nSPS) is 17.1. The summed E-state index contributed by atoms with van der Waals surface area (Å²) in [5.74, 6) is 0.162. The molecule has 1 aliphatic heterocycles. The Labute approximate surface area is 128 Å². The molecule has 2 aromatic rings. The lowest BCUT2D eigenvalue weighted by Crippen LogP contribution is -2.44. The van der Waals surface area contributed by atoms with Gasteiger partial charge in [0.2, 0.25) is 5.91 Å². The average Bonchev–Trinajstić information content (AvgIpc) is 2.84. The number of amides is 1. The van der Waals surface area contributed by atoms with Crippen LogP contribution < -0.4 is 0 Å². The number of imidazole rings is 1. The molecule has 1 unspecified atom stereocenters. The Morgan fingerprint density at radius 1 is 1.33 bits per heavy atom. The van der Waals surface area contributed by atoms with Crippen LogP contribution in [0, 0.1) is 0 Å². The van der Waals surface area contributed by atoms with Crippen molar-refractivity contribution < 1.29 is 9.53 Å². The fraction of sp³-hybridized carbons (Fsp3) is 0.467. The molecule has 1 saturated heterocycles. The summed E-state index contributed by atoms with van der Waals surface area (Å²) in [7, 11) is 1.99. The molecule has 1 atom stereocenters. The van der Waals surface area contributed by atoms with Crippen molar-refractivity contribution in [2.24, 2.45) is 7.05 Å². The Kier molecular flexibility index (Phi) is 4.17. The minimum absolute atomic E-state index is 0.140. The molecule has 1 fully saturated rings. The smallest absolute Gasteiger partial charge is 0.236 e. The number of morpholine rings is 1. The lowest BCUT2D eigenvalue weighted by molar-refractivity contribution is -0.134. The van der Waals surface area contributed by atoms with Crippen LogP contribution >= 0.6 is 11.8 Å². The maximum absolute atomic E-state index is 12.4. The van der Waals surface area contributed by atoms with Gasteiger partial charge >= 0.3 is 0 Å². The number of hydrogen-bond donors (Lipinski definition) is 0. The molecule has 0 bridgehead atoms. The summed E-state index contributed by atoms with van der Waals surface area (Å²) in [4.78, 5) is 18.9. The van der Waals surface area contributed by atoms with E-state index < -0.39 is 0 Å². The van der Waals surface area contributed by atoms with Gasteiger partial charge in [0.25, 0.3) is 0 Å². The minimum Gasteiger partial charge on any atom is -0.378 e. The van der Waals surface area contributed by atoms with E-state index in [1.54, 1.807) is 0 Å². The van der Waals surface area contributed by atoms with E-state index in [2.05, 4.69) is 4.98 Å². The molecule has 5 nitrogen and oxygen atoms in total. The molecule has 1 amide bonds. The number of aryl methyl sites for hydroxylation is 1. The molecule has 1 aromatic heterocycles. The topological polar surface area (TPSA) is 47.4 Å². The highest BCUT2D eigenvalue weighted by Crippen LogP contribution is 2.27. The third-order valence-corrected chi connectivity index (χ3v) is 4.83. The van der Waals surface area contributed by atoms with Crippen molar-refractivity contribution in [1.29, 1.82) is 0 Å². The summed E-state index contributed by atoms with van der Waals surface area (Å²) < 4.78 is 7.33. The summed E-state index contributed by atoms with van der Waals surface area (Å²) in [5.41, 5.74) is 2.06. The zero-order valence-electron chi connectivity index (χ0n) is 12.3. The first-order valence-electron chi connectivity index (χ1n) is 7.11. The zero-order valence-corrected chi connectivity index (χ0v) is 13.1. The maximum Gasteiger partial charge on any atom is 0.236 e. The molecule has 21 heavy (non-hydrogen) atoms. The second kappa shape index (κ2) is 6.07. The largest absolute Gasteiger partial charge is 0.378 e. The van der Waals surface area contributed by atoms with Crippen LogP contribution in [0.5, 0.6) is 0 Å². The van der Waals surface area contributed by atoms with Gasteiger partial charge in [-0.2, -0.15) is 0 Å². The van der Waals surface area contributed by atoms with Crippen molar-refractivity contribution in [2.45, 2.75) is 17.3 Å². The summed E-state index contributed by atoms with van der Waals surface area (Å²) in [6.07, 6.45) is 0. The first-order chi connectivity index (χ1) is 10.2. The number of aromatic nitrogens is 2. The first-order valence-corrected chi connectivity index (χ1v) is 7.99. The van der Waals surface area contributed by atoms with Gasteiger partial charge in [-0.25, -0.2) is 4.98 Å². The number of fused-ring (bicyclic) bond motifs is 1. The molecular formula is C15H19N3O2S. The van der Waals surface area contributed by atoms with Crippen molar-refractivity contribution in [3.63, 3.8) is 0 Å². The predicted molar refractivity (Wildman–Crippen MR) is 83.4 cm³/mol. The molecule has 1 aliphatic rings. The van der Waals surface area contributed by atoms with Gasteiger partial charge in [-0.1, -0.05) is 23.9 Å². The Bertz CT molecular complexity index is 649. The van der Waals surface area contributed by atoms with Crippen LogP contribution in [0.25, 0.3) is 11.0 Å². The van der Waals surface area contributed by atoms with Crippen LogP contribution in [-0.4, -0.2) is 51.9 Å². The number of ether oxygens (including phenoxy) is 1. The lowest BCUT2D eigenvalue weighted by atomic mass is 10.3. The molecule has 112 valence electrons. The Hall–Kier alpha value is -1.53. The van der Waals surface area contributed by atoms with E-state index in [-0.39, 0.29) is 11.2 Å². The third-order valence-electron chi connectivity index (χ3n) is 3.70. The van der Waals surface area contributed by atoms with E-state index in [9.17, 15) is 4.79 Å². The average molecular weight is 305 g/mol. The molecule has 0 N–H and O–H groups in total. The van der Waals surface area contributed by atoms with Gasteiger partial charge in [-0.3, -0.25) is 4.79 Å². The predicted octanol–water partition coefficient (Wildman–Crippen LogP) is 1.91. The van der Waals surface area contributed by atoms with Crippen LogP contribution in [0.3, 0.4) is 0 Å². The Balaban J connectivity index is 1.75.